The second kappa shape index (κ2) is 7.46. The number of nitrogens with two attached hydrogens (primary N) is 1. The number of hydrogen-bond donors (Lipinski definition) is 2. The summed E-state index contributed by atoms with van der Waals surface area (Å²) < 4.78 is 0. The summed E-state index contributed by atoms with van der Waals surface area (Å²) in [6.07, 6.45) is 8.17. The van der Waals surface area contributed by atoms with Gasteiger partial charge >= 0.3 is 0 Å². The van der Waals surface area contributed by atoms with Crippen LogP contribution in [-0.2, 0) is 0 Å². The van der Waals surface area contributed by atoms with Crippen molar-refractivity contribution in [2.75, 3.05) is 12.8 Å². The van der Waals surface area contributed by atoms with E-state index in [0.717, 1.165) is 11.3 Å². The molecule has 3 N–H and O–H groups in total. The average Bonchev–Trinajstić information content (AvgIpc) is 2.51. The standard InChI is InChI=1S/C19H22N2/c1-3-4-5-8-15-11-13-16(14-12-15)19(21-2)17-9-6-7-10-18(17)20/h3-14,19,21H,20H2,1-2H3/b4-3-,8-5-. The van der Waals surface area contributed by atoms with Crippen LogP contribution in [0.1, 0.15) is 29.7 Å². The maximum absolute atomic E-state index is 6.09. The van der Waals surface area contributed by atoms with E-state index in [-0.39, 0.29) is 6.04 Å². The molecule has 0 bridgehead atoms. The number of benzene rings is 2. The van der Waals surface area contributed by atoms with E-state index in [9.17, 15) is 0 Å². The lowest BCUT2D eigenvalue weighted by Gasteiger charge is -2.19. The normalized spacial score (nSPS) is 13.0. The molecule has 2 rings (SSSR count). The molecular weight excluding hydrogens is 256 g/mol. The first-order valence-electron chi connectivity index (χ1n) is 7.17. The van der Waals surface area contributed by atoms with Gasteiger partial charge in [-0.05, 0) is 36.7 Å². The third-order valence-corrected chi connectivity index (χ3v) is 3.46. The van der Waals surface area contributed by atoms with E-state index in [1.807, 2.05) is 50.4 Å². The van der Waals surface area contributed by atoms with Crippen molar-refractivity contribution in [2.24, 2.45) is 0 Å². The van der Waals surface area contributed by atoms with E-state index in [2.05, 4.69) is 41.7 Å². The second-order valence-corrected chi connectivity index (χ2v) is 4.90. The summed E-state index contributed by atoms with van der Waals surface area (Å²) in [6, 6.07) is 16.6. The van der Waals surface area contributed by atoms with Crippen LogP contribution in [0.2, 0.25) is 0 Å². The summed E-state index contributed by atoms with van der Waals surface area (Å²) in [6.45, 7) is 2.01. The Morgan fingerprint density at radius 3 is 2.33 bits per heavy atom. The lowest BCUT2D eigenvalue weighted by atomic mass is 9.96. The van der Waals surface area contributed by atoms with Gasteiger partial charge in [0.25, 0.3) is 0 Å². The van der Waals surface area contributed by atoms with Crippen LogP contribution in [0, 0.1) is 0 Å². The molecule has 0 heterocycles. The van der Waals surface area contributed by atoms with Gasteiger partial charge < -0.3 is 11.1 Å². The molecule has 0 saturated heterocycles. The summed E-state index contributed by atoms with van der Waals surface area (Å²) in [4.78, 5) is 0. The van der Waals surface area contributed by atoms with E-state index in [1.54, 1.807) is 0 Å². The van der Waals surface area contributed by atoms with Crippen LogP contribution < -0.4 is 11.1 Å². The van der Waals surface area contributed by atoms with Gasteiger partial charge in [0, 0.05) is 5.69 Å². The Labute approximate surface area is 127 Å². The molecule has 1 atom stereocenters. The first kappa shape index (κ1) is 15.1. The van der Waals surface area contributed by atoms with Gasteiger partial charge in [0.2, 0.25) is 0 Å². The lowest BCUT2D eigenvalue weighted by molar-refractivity contribution is 0.694. The molecule has 0 aromatic heterocycles. The lowest BCUT2D eigenvalue weighted by Crippen LogP contribution is -2.18. The highest BCUT2D eigenvalue weighted by molar-refractivity contribution is 5.54. The Bertz CT molecular complexity index is 624. The fraction of sp³-hybridized carbons (Fsp3) is 0.158. The van der Waals surface area contributed by atoms with E-state index < -0.39 is 0 Å². The monoisotopic (exact) mass is 278 g/mol. The zero-order valence-corrected chi connectivity index (χ0v) is 12.6. The minimum atomic E-state index is 0.111. The predicted octanol–water partition coefficient (Wildman–Crippen LogP) is 4.17. The molecule has 2 aromatic carbocycles. The van der Waals surface area contributed by atoms with Crippen molar-refractivity contribution in [1.82, 2.24) is 5.32 Å². The summed E-state index contributed by atoms with van der Waals surface area (Å²) in [7, 11) is 1.96. The minimum absolute atomic E-state index is 0.111. The zero-order valence-electron chi connectivity index (χ0n) is 12.6. The Balaban J connectivity index is 2.25. The SMILES string of the molecule is C/C=C\C=C/c1ccc(C(NC)c2ccccc2N)cc1. The van der Waals surface area contributed by atoms with E-state index >= 15 is 0 Å². The maximum atomic E-state index is 6.09. The maximum Gasteiger partial charge on any atom is 0.0594 e. The fourth-order valence-corrected chi connectivity index (χ4v) is 2.35. The van der Waals surface area contributed by atoms with Crippen LogP contribution >= 0.6 is 0 Å². The molecule has 2 nitrogen and oxygen atoms in total. The summed E-state index contributed by atoms with van der Waals surface area (Å²) in [5.74, 6) is 0. The Morgan fingerprint density at radius 1 is 1.00 bits per heavy atom. The van der Waals surface area contributed by atoms with Crippen LogP contribution in [0.25, 0.3) is 6.08 Å². The largest absolute Gasteiger partial charge is 0.398 e. The highest BCUT2D eigenvalue weighted by Crippen LogP contribution is 2.26. The highest BCUT2D eigenvalue weighted by Gasteiger charge is 2.13. The van der Waals surface area contributed by atoms with Crippen LogP contribution in [0.15, 0.2) is 66.8 Å². The molecule has 0 aliphatic carbocycles. The number of rotatable bonds is 5. The molecule has 0 amide bonds. The second-order valence-electron chi connectivity index (χ2n) is 4.90. The number of allylic oxidation sites excluding steroid dienone is 3. The number of para-hydroxylation sites is 1. The predicted molar refractivity (Wildman–Crippen MR) is 92.0 cm³/mol. The average molecular weight is 278 g/mol. The van der Waals surface area contributed by atoms with Crippen LogP contribution in [0.3, 0.4) is 0 Å². The molecular formula is C19H22N2. The molecule has 0 fully saturated rings. The van der Waals surface area contributed by atoms with E-state index in [0.29, 0.717) is 0 Å². The summed E-state index contributed by atoms with van der Waals surface area (Å²) in [5, 5.41) is 3.34. The van der Waals surface area contributed by atoms with Gasteiger partial charge in [-0.3, -0.25) is 0 Å². The van der Waals surface area contributed by atoms with Crippen molar-refractivity contribution < 1.29 is 0 Å². The topological polar surface area (TPSA) is 38.0 Å². The molecule has 2 aromatic rings. The highest BCUT2D eigenvalue weighted by atomic mass is 14.9. The summed E-state index contributed by atoms with van der Waals surface area (Å²) in [5.41, 5.74) is 10.4. The van der Waals surface area contributed by atoms with E-state index in [1.165, 1.54) is 11.1 Å². The van der Waals surface area contributed by atoms with Gasteiger partial charge in [-0.25, -0.2) is 0 Å². The molecule has 0 radical (unpaired) electrons. The minimum Gasteiger partial charge on any atom is -0.398 e. The Kier molecular flexibility index (Phi) is 5.35. The number of hydrogen-bond acceptors (Lipinski definition) is 2. The molecule has 1 unspecified atom stereocenters. The zero-order chi connectivity index (χ0) is 15.1. The Hall–Kier alpha value is -2.32. The fourth-order valence-electron chi connectivity index (χ4n) is 2.35. The number of nitrogen functional groups attached to an aromatic ring is 1. The van der Waals surface area contributed by atoms with Crippen LogP contribution in [0.5, 0.6) is 0 Å². The molecule has 21 heavy (non-hydrogen) atoms. The first-order valence-corrected chi connectivity index (χ1v) is 7.17. The van der Waals surface area contributed by atoms with Crippen LogP contribution in [-0.4, -0.2) is 7.05 Å². The van der Waals surface area contributed by atoms with E-state index in [4.69, 9.17) is 5.73 Å². The van der Waals surface area contributed by atoms with Crippen molar-refractivity contribution in [3.8, 4) is 0 Å². The van der Waals surface area contributed by atoms with Crippen molar-refractivity contribution in [2.45, 2.75) is 13.0 Å². The molecule has 0 aliphatic heterocycles. The quantitative estimate of drug-likeness (QED) is 0.636. The van der Waals surface area contributed by atoms with Gasteiger partial charge in [0.05, 0.1) is 6.04 Å². The van der Waals surface area contributed by atoms with Gasteiger partial charge in [-0.2, -0.15) is 0 Å². The third kappa shape index (κ3) is 3.83. The molecule has 0 spiro atoms. The van der Waals surface area contributed by atoms with Crippen molar-refractivity contribution >= 4 is 11.8 Å². The van der Waals surface area contributed by atoms with Gasteiger partial charge in [-0.15, -0.1) is 0 Å². The van der Waals surface area contributed by atoms with Crippen molar-refractivity contribution in [3.63, 3.8) is 0 Å². The number of nitrogens with one attached hydrogen (secondary N) is 1. The smallest absolute Gasteiger partial charge is 0.0594 e. The van der Waals surface area contributed by atoms with Gasteiger partial charge in [0.15, 0.2) is 0 Å². The molecule has 0 aliphatic rings. The van der Waals surface area contributed by atoms with Gasteiger partial charge in [-0.1, -0.05) is 66.8 Å². The molecule has 2 heteroatoms. The first-order chi connectivity index (χ1) is 10.3. The van der Waals surface area contributed by atoms with Crippen LogP contribution in [0.4, 0.5) is 5.69 Å². The third-order valence-electron chi connectivity index (χ3n) is 3.46. The van der Waals surface area contributed by atoms with Gasteiger partial charge in [0.1, 0.15) is 0 Å². The van der Waals surface area contributed by atoms with Crippen molar-refractivity contribution in [3.05, 3.63) is 83.4 Å². The number of anilines is 1. The van der Waals surface area contributed by atoms with Crippen molar-refractivity contribution in [1.29, 1.82) is 0 Å². The molecule has 0 saturated carbocycles. The Morgan fingerprint density at radius 2 is 1.71 bits per heavy atom. The molecule has 108 valence electrons. The summed E-state index contributed by atoms with van der Waals surface area (Å²) >= 11 is 0.